The first-order valence-corrected chi connectivity index (χ1v) is 11.8. The molecule has 4 aliphatic carbocycles. The number of nitrogens with one attached hydrogen (secondary N) is 3. The van der Waals surface area contributed by atoms with Crippen LogP contribution in [0, 0.1) is 17.8 Å². The lowest BCUT2D eigenvalue weighted by atomic mass is 9.53. The first kappa shape index (κ1) is 19.1. The maximum absolute atomic E-state index is 13.1. The van der Waals surface area contributed by atoms with Gasteiger partial charge in [-0.25, -0.2) is 13.1 Å². The number of nitrogens with zero attached hydrogens (tertiary/aromatic N) is 1. The van der Waals surface area contributed by atoms with Crippen LogP contribution in [0.2, 0.25) is 5.02 Å². The fourth-order valence-electron chi connectivity index (χ4n) is 5.92. The van der Waals surface area contributed by atoms with Gasteiger partial charge in [0.2, 0.25) is 10.0 Å². The molecule has 7 nitrogen and oxygen atoms in total. The molecule has 6 rings (SSSR count). The molecule has 0 radical (unpaired) electrons. The molecule has 0 atom stereocenters. The molecule has 1 heterocycles. The van der Waals surface area contributed by atoms with Crippen molar-refractivity contribution in [2.75, 3.05) is 5.32 Å². The zero-order valence-corrected chi connectivity index (χ0v) is 17.4. The van der Waals surface area contributed by atoms with Crippen LogP contribution < -0.4 is 10.0 Å². The number of hydrogen-bond donors (Lipinski definition) is 3. The highest BCUT2D eigenvalue weighted by atomic mass is 35.5. The SMILES string of the molecule is O=C(Nc1ccc(S(=O)(=O)NC23CC4CC(CC(C4)C2)C3)cc1)c1[nH]ncc1Cl. The number of aromatic amines is 1. The number of H-pyrrole nitrogens is 1. The van der Waals surface area contributed by atoms with E-state index in [9.17, 15) is 13.2 Å². The minimum atomic E-state index is -3.62. The molecule has 1 aromatic heterocycles. The van der Waals surface area contributed by atoms with E-state index >= 15 is 0 Å². The smallest absolute Gasteiger partial charge is 0.275 e. The fraction of sp³-hybridized carbons (Fsp3) is 0.500. The monoisotopic (exact) mass is 434 g/mol. The Labute approximate surface area is 174 Å². The average molecular weight is 435 g/mol. The molecular formula is C20H23ClN4O3S. The zero-order chi connectivity index (χ0) is 20.2. The molecular weight excluding hydrogens is 412 g/mol. The van der Waals surface area contributed by atoms with Gasteiger partial charge in [0, 0.05) is 11.2 Å². The van der Waals surface area contributed by atoms with Gasteiger partial charge in [0.15, 0.2) is 0 Å². The number of carbonyl (C=O) groups is 1. The van der Waals surface area contributed by atoms with Crippen molar-refractivity contribution in [3.8, 4) is 0 Å². The number of rotatable bonds is 5. The van der Waals surface area contributed by atoms with Crippen LogP contribution in [-0.2, 0) is 10.0 Å². The van der Waals surface area contributed by atoms with Gasteiger partial charge in [-0.15, -0.1) is 0 Å². The Morgan fingerprint density at radius 2 is 1.66 bits per heavy atom. The predicted octanol–water partition coefficient (Wildman–Crippen LogP) is 3.56. The van der Waals surface area contributed by atoms with Crippen LogP contribution in [-0.4, -0.2) is 30.1 Å². The van der Waals surface area contributed by atoms with Crippen molar-refractivity contribution in [1.29, 1.82) is 0 Å². The molecule has 1 amide bonds. The quantitative estimate of drug-likeness (QED) is 0.669. The lowest BCUT2D eigenvalue weighted by Gasteiger charge is -2.56. The van der Waals surface area contributed by atoms with Gasteiger partial charge in [-0.05, 0) is 80.5 Å². The normalized spacial score (nSPS) is 30.4. The highest BCUT2D eigenvalue weighted by molar-refractivity contribution is 7.89. The first-order chi connectivity index (χ1) is 13.8. The van der Waals surface area contributed by atoms with Crippen molar-refractivity contribution in [3.05, 3.63) is 41.2 Å². The molecule has 1 aromatic carbocycles. The molecule has 4 saturated carbocycles. The van der Waals surface area contributed by atoms with Gasteiger partial charge in [-0.2, -0.15) is 5.10 Å². The summed E-state index contributed by atoms with van der Waals surface area (Å²) in [7, 11) is -3.62. The van der Waals surface area contributed by atoms with Crippen molar-refractivity contribution < 1.29 is 13.2 Å². The Bertz CT molecular complexity index is 1010. The number of amides is 1. The summed E-state index contributed by atoms with van der Waals surface area (Å²) in [5, 5.41) is 9.15. The Morgan fingerprint density at radius 3 is 2.17 bits per heavy atom. The van der Waals surface area contributed by atoms with E-state index in [0.717, 1.165) is 19.3 Å². The van der Waals surface area contributed by atoms with Crippen molar-refractivity contribution in [2.24, 2.45) is 17.8 Å². The molecule has 0 spiro atoms. The summed E-state index contributed by atoms with van der Waals surface area (Å²) < 4.78 is 29.2. The number of aromatic nitrogens is 2. The number of carbonyl (C=O) groups excluding carboxylic acids is 1. The van der Waals surface area contributed by atoms with Gasteiger partial charge < -0.3 is 5.32 Å². The Kier molecular flexibility index (Phi) is 4.49. The van der Waals surface area contributed by atoms with Crippen LogP contribution >= 0.6 is 11.6 Å². The molecule has 29 heavy (non-hydrogen) atoms. The van der Waals surface area contributed by atoms with Crippen LogP contribution in [0.25, 0.3) is 0 Å². The van der Waals surface area contributed by atoms with Crippen LogP contribution in [0.4, 0.5) is 5.69 Å². The second-order valence-corrected chi connectivity index (χ2v) is 11.0. The molecule has 4 fully saturated rings. The standard InChI is InChI=1S/C20H23ClN4O3S/c21-17-11-22-24-18(17)19(26)23-15-1-3-16(4-2-15)29(27,28)25-20-8-12-5-13(9-20)7-14(6-12)10-20/h1-4,11-14,25H,5-10H2,(H,22,24)(H,23,26). The minimum Gasteiger partial charge on any atom is -0.321 e. The summed E-state index contributed by atoms with van der Waals surface area (Å²) in [6.45, 7) is 0. The van der Waals surface area contributed by atoms with E-state index < -0.39 is 15.9 Å². The van der Waals surface area contributed by atoms with Gasteiger partial charge >= 0.3 is 0 Å². The van der Waals surface area contributed by atoms with E-state index in [4.69, 9.17) is 11.6 Å². The second kappa shape index (κ2) is 6.82. The molecule has 4 aliphatic rings. The van der Waals surface area contributed by atoms with Crippen LogP contribution in [0.3, 0.4) is 0 Å². The number of sulfonamides is 1. The third kappa shape index (κ3) is 3.58. The van der Waals surface area contributed by atoms with E-state index in [0.29, 0.717) is 23.4 Å². The summed E-state index contributed by atoms with van der Waals surface area (Å²) in [6.07, 6.45) is 8.00. The van der Waals surface area contributed by atoms with Gasteiger partial charge in [0.05, 0.1) is 16.1 Å². The van der Waals surface area contributed by atoms with E-state index in [1.807, 2.05) is 0 Å². The van der Waals surface area contributed by atoms with Crippen molar-refractivity contribution in [3.63, 3.8) is 0 Å². The van der Waals surface area contributed by atoms with Gasteiger partial charge in [0.25, 0.3) is 5.91 Å². The molecule has 0 unspecified atom stereocenters. The minimum absolute atomic E-state index is 0.159. The molecule has 0 saturated heterocycles. The van der Waals surface area contributed by atoms with Gasteiger partial charge in [-0.3, -0.25) is 9.89 Å². The lowest BCUT2D eigenvalue weighted by molar-refractivity contribution is -0.00810. The molecule has 3 N–H and O–H groups in total. The predicted molar refractivity (Wildman–Crippen MR) is 109 cm³/mol. The maximum Gasteiger partial charge on any atom is 0.275 e. The number of hydrogen-bond acceptors (Lipinski definition) is 4. The molecule has 154 valence electrons. The van der Waals surface area contributed by atoms with E-state index in [-0.39, 0.29) is 21.2 Å². The number of halogens is 1. The van der Waals surface area contributed by atoms with E-state index in [2.05, 4.69) is 20.2 Å². The molecule has 4 bridgehead atoms. The molecule has 9 heteroatoms. The van der Waals surface area contributed by atoms with E-state index in [1.165, 1.54) is 37.6 Å². The summed E-state index contributed by atoms with van der Waals surface area (Å²) in [4.78, 5) is 12.4. The van der Waals surface area contributed by atoms with E-state index in [1.54, 1.807) is 12.1 Å². The maximum atomic E-state index is 13.1. The van der Waals surface area contributed by atoms with Crippen molar-refractivity contribution in [2.45, 2.75) is 49.0 Å². The molecule has 0 aliphatic heterocycles. The van der Waals surface area contributed by atoms with Crippen LogP contribution in [0.5, 0.6) is 0 Å². The summed E-state index contributed by atoms with van der Waals surface area (Å²) in [6, 6.07) is 6.20. The van der Waals surface area contributed by atoms with Gasteiger partial charge in [-0.1, -0.05) is 11.6 Å². The molecule has 2 aromatic rings. The lowest BCUT2D eigenvalue weighted by Crippen LogP contribution is -2.59. The number of benzene rings is 1. The Hall–Kier alpha value is -1.90. The number of anilines is 1. The van der Waals surface area contributed by atoms with Crippen LogP contribution in [0.15, 0.2) is 35.4 Å². The largest absolute Gasteiger partial charge is 0.321 e. The van der Waals surface area contributed by atoms with Crippen LogP contribution in [0.1, 0.15) is 49.0 Å². The fourth-order valence-corrected chi connectivity index (χ4v) is 7.53. The Balaban J connectivity index is 1.30. The highest BCUT2D eigenvalue weighted by Crippen LogP contribution is 2.55. The topological polar surface area (TPSA) is 104 Å². The third-order valence-corrected chi connectivity index (χ3v) is 8.51. The Morgan fingerprint density at radius 1 is 1.07 bits per heavy atom. The second-order valence-electron chi connectivity index (χ2n) is 8.87. The first-order valence-electron chi connectivity index (χ1n) is 9.96. The third-order valence-electron chi connectivity index (χ3n) is 6.63. The highest BCUT2D eigenvalue weighted by Gasteiger charge is 2.52. The van der Waals surface area contributed by atoms with Gasteiger partial charge in [0.1, 0.15) is 5.69 Å². The van der Waals surface area contributed by atoms with Crippen molar-refractivity contribution in [1.82, 2.24) is 14.9 Å². The summed E-state index contributed by atoms with van der Waals surface area (Å²) in [5.74, 6) is 1.55. The van der Waals surface area contributed by atoms with Crippen molar-refractivity contribution >= 4 is 33.2 Å². The zero-order valence-electron chi connectivity index (χ0n) is 15.8. The summed E-state index contributed by atoms with van der Waals surface area (Å²) >= 11 is 5.89. The average Bonchev–Trinajstić information content (AvgIpc) is 3.06. The summed E-state index contributed by atoms with van der Waals surface area (Å²) in [5.41, 5.74) is 0.360.